The number of aliphatic hydroxyl groups excluding tert-OH is 2. The van der Waals surface area contributed by atoms with Gasteiger partial charge in [0.15, 0.2) is 12.1 Å². The minimum absolute atomic E-state index is 0.119. The highest BCUT2D eigenvalue weighted by molar-refractivity contribution is 7.83. The van der Waals surface area contributed by atoms with Crippen molar-refractivity contribution in [2.45, 2.75) is 36.3 Å². The van der Waals surface area contributed by atoms with Gasteiger partial charge in [-0.3, -0.25) is 9.52 Å². The van der Waals surface area contributed by atoms with Gasteiger partial charge >= 0.3 is 7.82 Å². The third-order valence-corrected chi connectivity index (χ3v) is 4.67. The molecule has 0 aromatic carbocycles. The van der Waals surface area contributed by atoms with Crippen molar-refractivity contribution < 1.29 is 33.8 Å². The lowest BCUT2D eigenvalue weighted by Crippen LogP contribution is -2.49. The molecule has 13 heteroatoms. The van der Waals surface area contributed by atoms with Crippen LogP contribution in [0.4, 0.5) is 0 Å². The van der Waals surface area contributed by atoms with Gasteiger partial charge in [-0.25, -0.2) is 14.5 Å². The second-order valence-electron chi connectivity index (χ2n) is 5.67. The number of nitrogens with zero attached hydrogens (tertiary/aromatic N) is 4. The molecule has 0 aromatic heterocycles. The van der Waals surface area contributed by atoms with Gasteiger partial charge in [-0.15, -0.1) is 12.6 Å². The van der Waals surface area contributed by atoms with Crippen LogP contribution >= 0.6 is 20.5 Å². The number of amidine groups is 1. The van der Waals surface area contributed by atoms with Crippen LogP contribution in [0.5, 0.6) is 0 Å². The molecule has 3 aliphatic rings. The number of thiol groups is 1. The monoisotopic (exact) mass is 380 g/mol. The van der Waals surface area contributed by atoms with Crippen LogP contribution in [0.2, 0.25) is 0 Å². The van der Waals surface area contributed by atoms with E-state index in [1.165, 1.54) is 11.2 Å². The molecule has 11 nitrogen and oxygen atoms in total. The number of rotatable bonds is 4. The van der Waals surface area contributed by atoms with Crippen molar-refractivity contribution in [2.24, 2.45) is 15.0 Å². The van der Waals surface area contributed by atoms with Crippen molar-refractivity contribution in [2.75, 3.05) is 13.3 Å². The standard InChI is InChI=1S/C11H17N4O7PS/c1-11(24)8-9(12-3-14-11)15(4-13-8)10-7(17)6(16)5(22-10)2-21-23(18,19)20/h3,5-7,10,16-17,24H,2,4H2,1H3,(H2,18,19,20)/t5-,6-,7-,10-,11?/m1/s1. The highest BCUT2D eigenvalue weighted by atomic mass is 32.1. The van der Waals surface area contributed by atoms with Crippen LogP contribution < -0.4 is 0 Å². The summed E-state index contributed by atoms with van der Waals surface area (Å²) in [5.74, 6) is 0.412. The third-order valence-electron chi connectivity index (χ3n) is 3.85. The first kappa shape index (κ1) is 18.0. The molecule has 3 rings (SSSR count). The maximum atomic E-state index is 10.8. The summed E-state index contributed by atoms with van der Waals surface area (Å²) in [6.07, 6.45) is -3.50. The molecular weight excluding hydrogens is 363 g/mol. The predicted octanol–water partition coefficient (Wildman–Crippen LogP) is -1.66. The maximum absolute atomic E-state index is 10.8. The first-order valence-corrected chi connectivity index (χ1v) is 8.95. The first-order valence-electron chi connectivity index (χ1n) is 6.97. The van der Waals surface area contributed by atoms with Gasteiger partial charge in [-0.05, 0) is 6.92 Å². The van der Waals surface area contributed by atoms with Crippen LogP contribution in [-0.2, 0) is 13.8 Å². The van der Waals surface area contributed by atoms with Crippen molar-refractivity contribution in [3.8, 4) is 0 Å². The molecule has 1 saturated heterocycles. The lowest BCUT2D eigenvalue weighted by molar-refractivity contribution is -0.0681. The number of hydrogen-bond donors (Lipinski definition) is 5. The smallest absolute Gasteiger partial charge is 0.387 e. The van der Waals surface area contributed by atoms with Crippen LogP contribution in [-0.4, -0.2) is 85.5 Å². The van der Waals surface area contributed by atoms with Crippen LogP contribution in [0.3, 0.4) is 0 Å². The zero-order valence-corrected chi connectivity index (χ0v) is 14.3. The lowest BCUT2D eigenvalue weighted by Gasteiger charge is -2.30. The molecule has 1 unspecified atom stereocenters. The summed E-state index contributed by atoms with van der Waals surface area (Å²) < 4.78 is 20.6. The Kier molecular flexibility index (Phi) is 4.60. The Morgan fingerprint density at radius 1 is 1.50 bits per heavy atom. The second-order valence-corrected chi connectivity index (χ2v) is 7.78. The van der Waals surface area contributed by atoms with Gasteiger partial charge in [-0.2, -0.15) is 0 Å². The molecule has 1 fully saturated rings. The fraction of sp³-hybridized carbons (Fsp3) is 0.727. The van der Waals surface area contributed by atoms with E-state index in [0.717, 1.165) is 0 Å². The van der Waals surface area contributed by atoms with E-state index >= 15 is 0 Å². The summed E-state index contributed by atoms with van der Waals surface area (Å²) in [5, 5.41) is 20.2. The van der Waals surface area contributed by atoms with E-state index in [9.17, 15) is 14.8 Å². The number of fused-ring (bicyclic) bond motifs is 1. The number of ether oxygens (including phenoxy) is 1. The van der Waals surface area contributed by atoms with Crippen LogP contribution in [0, 0.1) is 0 Å². The summed E-state index contributed by atoms with van der Waals surface area (Å²) in [6.45, 7) is 1.29. The van der Waals surface area contributed by atoms with Gasteiger partial charge < -0.3 is 29.6 Å². The molecular formula is C11H17N4O7PS. The van der Waals surface area contributed by atoms with Crippen LogP contribution in [0.25, 0.3) is 0 Å². The summed E-state index contributed by atoms with van der Waals surface area (Å²) in [7, 11) is -4.71. The molecule has 3 aliphatic heterocycles. The van der Waals surface area contributed by atoms with Crippen molar-refractivity contribution in [3.05, 3.63) is 0 Å². The molecule has 3 heterocycles. The number of phosphoric acid groups is 1. The Morgan fingerprint density at radius 3 is 2.88 bits per heavy atom. The van der Waals surface area contributed by atoms with Crippen molar-refractivity contribution in [3.63, 3.8) is 0 Å². The molecule has 0 aliphatic carbocycles. The Labute approximate surface area is 142 Å². The quantitative estimate of drug-likeness (QED) is 0.287. The van der Waals surface area contributed by atoms with Crippen molar-refractivity contribution >= 4 is 38.3 Å². The molecule has 0 spiro atoms. The summed E-state index contributed by atoms with van der Waals surface area (Å²) >= 11 is 4.40. The lowest BCUT2D eigenvalue weighted by atomic mass is 10.1. The molecule has 4 N–H and O–H groups in total. The minimum atomic E-state index is -4.71. The molecule has 0 aromatic rings. The van der Waals surface area contributed by atoms with Gasteiger partial charge in [0, 0.05) is 0 Å². The van der Waals surface area contributed by atoms with E-state index in [0.29, 0.717) is 11.5 Å². The topological polar surface area (TPSA) is 157 Å². The van der Waals surface area contributed by atoms with E-state index in [1.54, 1.807) is 6.92 Å². The largest absolute Gasteiger partial charge is 0.469 e. The minimum Gasteiger partial charge on any atom is -0.387 e. The molecule has 24 heavy (non-hydrogen) atoms. The normalized spacial score (nSPS) is 39.0. The number of hydrogen-bond acceptors (Lipinski definition) is 10. The van der Waals surface area contributed by atoms with E-state index in [-0.39, 0.29) is 6.67 Å². The highest BCUT2D eigenvalue weighted by Gasteiger charge is 2.50. The number of aliphatic imine (C=N–C) groups is 3. The summed E-state index contributed by atoms with van der Waals surface area (Å²) in [6, 6.07) is 0. The van der Waals surface area contributed by atoms with Crippen LogP contribution in [0.15, 0.2) is 15.0 Å². The number of aliphatic hydroxyl groups is 2. The third kappa shape index (κ3) is 3.28. The molecule has 5 atom stereocenters. The molecule has 134 valence electrons. The number of phosphoric ester groups is 1. The Bertz CT molecular complexity index is 663. The van der Waals surface area contributed by atoms with Gasteiger partial charge in [0.25, 0.3) is 0 Å². The van der Waals surface area contributed by atoms with Gasteiger partial charge in [0.05, 0.1) is 6.61 Å². The molecule has 0 radical (unpaired) electrons. The van der Waals surface area contributed by atoms with Gasteiger partial charge in [0.2, 0.25) is 0 Å². The van der Waals surface area contributed by atoms with E-state index < -0.39 is 43.8 Å². The molecule has 0 saturated carbocycles. The predicted molar refractivity (Wildman–Crippen MR) is 86.1 cm³/mol. The fourth-order valence-electron chi connectivity index (χ4n) is 2.67. The van der Waals surface area contributed by atoms with Crippen molar-refractivity contribution in [1.82, 2.24) is 4.90 Å². The van der Waals surface area contributed by atoms with E-state index in [2.05, 4.69) is 32.1 Å². The summed E-state index contributed by atoms with van der Waals surface area (Å²) in [5.41, 5.74) is 0.508. The Morgan fingerprint density at radius 2 is 2.21 bits per heavy atom. The zero-order valence-electron chi connectivity index (χ0n) is 12.5. The van der Waals surface area contributed by atoms with Gasteiger partial charge in [-0.1, -0.05) is 0 Å². The van der Waals surface area contributed by atoms with Gasteiger partial charge in [0.1, 0.15) is 41.9 Å². The summed E-state index contributed by atoms with van der Waals surface area (Å²) in [4.78, 5) is 30.7. The average Bonchev–Trinajstić information content (AvgIpc) is 3.00. The molecule has 0 amide bonds. The first-order chi connectivity index (χ1) is 11.1. The molecule has 0 bridgehead atoms. The van der Waals surface area contributed by atoms with Crippen molar-refractivity contribution in [1.29, 1.82) is 0 Å². The average molecular weight is 380 g/mol. The maximum Gasteiger partial charge on any atom is 0.469 e. The highest BCUT2D eigenvalue weighted by Crippen LogP contribution is 2.38. The Hall–Kier alpha value is -0.850. The second kappa shape index (κ2) is 6.15. The fourth-order valence-corrected chi connectivity index (χ4v) is 3.23. The SMILES string of the molecule is CC1(S)N=CN=C2C1=NCN2[C@@H]1O[C@H](COP(=O)(O)O)[C@@H](O)[C@H]1O. The Balaban J connectivity index is 1.74. The zero-order chi connectivity index (χ0) is 17.7. The van der Waals surface area contributed by atoms with E-state index in [1.807, 2.05) is 0 Å². The van der Waals surface area contributed by atoms with E-state index in [4.69, 9.17) is 14.5 Å². The van der Waals surface area contributed by atoms with Crippen LogP contribution in [0.1, 0.15) is 6.92 Å².